The van der Waals surface area contributed by atoms with Crippen LogP contribution in [0.4, 0.5) is 0 Å². The Hall–Kier alpha value is -2.14. The molecule has 0 fully saturated rings. The van der Waals surface area contributed by atoms with Crippen molar-refractivity contribution in [2.75, 3.05) is 6.61 Å². The number of unbranched alkanes of at least 4 members (excludes halogenated alkanes) is 1. The Bertz CT molecular complexity index is 772. The van der Waals surface area contributed by atoms with E-state index >= 15 is 0 Å². The van der Waals surface area contributed by atoms with E-state index in [1.54, 1.807) is 0 Å². The summed E-state index contributed by atoms with van der Waals surface area (Å²) < 4.78 is 3.93. The molecular formula is C17H22N4O. The van der Waals surface area contributed by atoms with Gasteiger partial charge in [0.2, 0.25) is 0 Å². The number of fused-ring (bicyclic) bond motifs is 1. The van der Waals surface area contributed by atoms with Gasteiger partial charge in [0, 0.05) is 36.1 Å². The number of aliphatic hydroxyl groups excluding tert-OH is 1. The van der Waals surface area contributed by atoms with Gasteiger partial charge in [-0.1, -0.05) is 25.5 Å². The first-order valence-electron chi connectivity index (χ1n) is 7.83. The highest BCUT2D eigenvalue weighted by atomic mass is 16.3. The maximum absolute atomic E-state index is 9.30. The number of hydrogen-bond acceptors (Lipinski definition) is 3. The minimum absolute atomic E-state index is 0.0638. The summed E-state index contributed by atoms with van der Waals surface area (Å²) in [7, 11) is 2.04. The van der Waals surface area contributed by atoms with Crippen molar-refractivity contribution in [1.29, 1.82) is 0 Å². The summed E-state index contributed by atoms with van der Waals surface area (Å²) in [6, 6.07) is 8.32. The van der Waals surface area contributed by atoms with Gasteiger partial charge in [-0.15, -0.1) is 0 Å². The van der Waals surface area contributed by atoms with Crippen molar-refractivity contribution in [3.63, 3.8) is 0 Å². The number of hydrogen-bond donors (Lipinski definition) is 1. The summed E-state index contributed by atoms with van der Waals surface area (Å²) in [6.07, 6.45) is 5.14. The predicted molar refractivity (Wildman–Crippen MR) is 87.6 cm³/mol. The lowest BCUT2D eigenvalue weighted by molar-refractivity contribution is 0.270. The van der Waals surface area contributed by atoms with Crippen LogP contribution in [0.3, 0.4) is 0 Å². The van der Waals surface area contributed by atoms with E-state index in [-0.39, 0.29) is 6.61 Å². The normalized spacial score (nSPS) is 11.4. The van der Waals surface area contributed by atoms with Crippen LogP contribution >= 0.6 is 0 Å². The van der Waals surface area contributed by atoms with Gasteiger partial charge in [-0.25, -0.2) is 9.67 Å². The number of aliphatic hydroxyl groups is 1. The zero-order valence-corrected chi connectivity index (χ0v) is 13.2. The van der Waals surface area contributed by atoms with Crippen molar-refractivity contribution >= 4 is 10.9 Å². The molecule has 5 nitrogen and oxygen atoms in total. The molecule has 2 aromatic heterocycles. The van der Waals surface area contributed by atoms with Crippen molar-refractivity contribution in [1.82, 2.24) is 19.3 Å². The van der Waals surface area contributed by atoms with Crippen LogP contribution in [0.1, 0.15) is 25.6 Å². The first-order valence-corrected chi connectivity index (χ1v) is 7.83. The van der Waals surface area contributed by atoms with E-state index in [2.05, 4.69) is 41.0 Å². The van der Waals surface area contributed by atoms with Crippen LogP contribution in [0.2, 0.25) is 0 Å². The van der Waals surface area contributed by atoms with Crippen LogP contribution in [0.25, 0.3) is 22.3 Å². The molecule has 2 heterocycles. The van der Waals surface area contributed by atoms with Gasteiger partial charge in [0.1, 0.15) is 0 Å². The summed E-state index contributed by atoms with van der Waals surface area (Å²) in [6.45, 7) is 2.70. The monoisotopic (exact) mass is 298 g/mol. The van der Waals surface area contributed by atoms with Crippen molar-refractivity contribution < 1.29 is 5.11 Å². The van der Waals surface area contributed by atoms with E-state index in [1.165, 1.54) is 10.9 Å². The molecule has 0 amide bonds. The Morgan fingerprint density at radius 2 is 2.09 bits per heavy atom. The minimum Gasteiger partial charge on any atom is -0.394 e. The third-order valence-corrected chi connectivity index (χ3v) is 3.95. The first kappa shape index (κ1) is 14.8. The topological polar surface area (TPSA) is 55.9 Å². The molecule has 0 saturated carbocycles. The Morgan fingerprint density at radius 1 is 1.23 bits per heavy atom. The number of aromatic nitrogens is 4. The van der Waals surface area contributed by atoms with Gasteiger partial charge in [-0.3, -0.25) is 0 Å². The lowest BCUT2D eigenvalue weighted by atomic mass is 10.1. The van der Waals surface area contributed by atoms with Crippen LogP contribution in [-0.2, 0) is 20.0 Å². The molecule has 0 bridgehead atoms. The molecule has 0 unspecified atom stereocenters. The molecule has 0 aliphatic rings. The average molecular weight is 298 g/mol. The van der Waals surface area contributed by atoms with Gasteiger partial charge in [0.25, 0.3) is 0 Å². The van der Waals surface area contributed by atoms with Crippen LogP contribution in [0, 0.1) is 0 Å². The van der Waals surface area contributed by atoms with Gasteiger partial charge >= 0.3 is 0 Å². The van der Waals surface area contributed by atoms with Gasteiger partial charge in [-0.2, -0.15) is 5.10 Å². The molecule has 1 aromatic carbocycles. The Morgan fingerprint density at radius 3 is 2.86 bits per heavy atom. The summed E-state index contributed by atoms with van der Waals surface area (Å²) in [4.78, 5) is 4.73. The third kappa shape index (κ3) is 2.64. The molecule has 0 aliphatic carbocycles. The Balaban J connectivity index is 2.10. The predicted octanol–water partition coefficient (Wildman–Crippen LogP) is 2.77. The first-order chi connectivity index (χ1) is 10.7. The molecule has 0 aliphatic heterocycles. The van der Waals surface area contributed by atoms with Gasteiger partial charge in [-0.05, 0) is 18.6 Å². The van der Waals surface area contributed by atoms with Crippen molar-refractivity contribution in [2.45, 2.75) is 32.7 Å². The van der Waals surface area contributed by atoms with Crippen LogP contribution in [0.15, 0.2) is 30.5 Å². The van der Waals surface area contributed by atoms with E-state index in [0.29, 0.717) is 6.54 Å². The fourth-order valence-corrected chi connectivity index (χ4v) is 2.78. The molecule has 0 radical (unpaired) electrons. The minimum atomic E-state index is 0.0638. The molecule has 3 rings (SSSR count). The molecule has 0 spiro atoms. The zero-order chi connectivity index (χ0) is 15.5. The fraction of sp³-hybridized carbons (Fsp3) is 0.412. The maximum Gasteiger partial charge on any atom is 0.159 e. The van der Waals surface area contributed by atoms with E-state index in [1.807, 2.05) is 17.8 Å². The second kappa shape index (κ2) is 6.32. The quantitative estimate of drug-likeness (QED) is 0.761. The van der Waals surface area contributed by atoms with E-state index in [4.69, 9.17) is 4.98 Å². The summed E-state index contributed by atoms with van der Waals surface area (Å²) in [5, 5.41) is 15.0. The molecule has 3 aromatic rings. The fourth-order valence-electron chi connectivity index (χ4n) is 2.78. The Kier molecular flexibility index (Phi) is 4.24. The molecule has 0 saturated heterocycles. The highest BCUT2D eigenvalue weighted by Gasteiger charge is 2.15. The van der Waals surface area contributed by atoms with E-state index in [9.17, 15) is 5.11 Å². The standard InChI is InChI=1S/C17H22N4O/c1-3-4-8-16-18-17(21(19-16)11-12-22)14-6-5-7-15-13(14)9-10-20(15)2/h5-7,9-10,22H,3-4,8,11-12H2,1-2H3. The van der Waals surface area contributed by atoms with Crippen LogP contribution in [0.5, 0.6) is 0 Å². The molecule has 1 N–H and O–H groups in total. The lowest BCUT2D eigenvalue weighted by Gasteiger charge is -2.06. The molecular weight excluding hydrogens is 276 g/mol. The van der Waals surface area contributed by atoms with Gasteiger partial charge < -0.3 is 9.67 Å². The average Bonchev–Trinajstić information content (AvgIpc) is 3.10. The highest BCUT2D eigenvalue weighted by Crippen LogP contribution is 2.28. The molecule has 5 heteroatoms. The largest absolute Gasteiger partial charge is 0.394 e. The SMILES string of the molecule is CCCCc1nc(-c2cccc3c2ccn3C)n(CCO)n1. The second-order valence-corrected chi connectivity index (χ2v) is 5.57. The van der Waals surface area contributed by atoms with Crippen LogP contribution < -0.4 is 0 Å². The second-order valence-electron chi connectivity index (χ2n) is 5.57. The van der Waals surface area contributed by atoms with Gasteiger partial charge in [0.15, 0.2) is 11.6 Å². The van der Waals surface area contributed by atoms with Crippen LogP contribution in [-0.4, -0.2) is 31.0 Å². The Labute approximate surface area is 130 Å². The molecule has 22 heavy (non-hydrogen) atoms. The highest BCUT2D eigenvalue weighted by molar-refractivity contribution is 5.93. The van der Waals surface area contributed by atoms with Crippen molar-refractivity contribution in [3.8, 4) is 11.4 Å². The number of benzene rings is 1. The molecule has 0 atom stereocenters. The van der Waals surface area contributed by atoms with Gasteiger partial charge in [0.05, 0.1) is 13.2 Å². The maximum atomic E-state index is 9.30. The summed E-state index contributed by atoms with van der Waals surface area (Å²) in [5.74, 6) is 1.70. The number of nitrogens with zero attached hydrogens (tertiary/aromatic N) is 4. The molecule has 116 valence electrons. The van der Waals surface area contributed by atoms with Crippen molar-refractivity contribution in [3.05, 3.63) is 36.3 Å². The summed E-state index contributed by atoms with van der Waals surface area (Å²) in [5.41, 5.74) is 2.24. The summed E-state index contributed by atoms with van der Waals surface area (Å²) >= 11 is 0. The van der Waals surface area contributed by atoms with E-state index in [0.717, 1.165) is 36.5 Å². The lowest BCUT2D eigenvalue weighted by Crippen LogP contribution is -2.06. The number of rotatable bonds is 6. The smallest absolute Gasteiger partial charge is 0.159 e. The zero-order valence-electron chi connectivity index (χ0n) is 13.2. The third-order valence-electron chi connectivity index (χ3n) is 3.95. The number of aryl methyl sites for hydroxylation is 2. The van der Waals surface area contributed by atoms with E-state index < -0.39 is 0 Å². The van der Waals surface area contributed by atoms with Crippen molar-refractivity contribution in [2.24, 2.45) is 7.05 Å².